The lowest BCUT2D eigenvalue weighted by atomic mass is 10.0. The third-order valence-electron chi connectivity index (χ3n) is 4.41. The lowest BCUT2D eigenvalue weighted by Crippen LogP contribution is -2.49. The summed E-state index contributed by atoms with van der Waals surface area (Å²) < 4.78 is 5.62. The van der Waals surface area contributed by atoms with Gasteiger partial charge in [-0.05, 0) is 38.8 Å². The molecule has 0 aromatic rings. The Balaban J connectivity index is 0.00000220. The highest BCUT2D eigenvalue weighted by atomic mass is 127. The SMILES string of the molecule is CCN1CCCCC1CNC(=NC)NCC1CCCO1.I. The van der Waals surface area contributed by atoms with E-state index in [0.717, 1.165) is 38.6 Å². The fourth-order valence-corrected chi connectivity index (χ4v) is 3.16. The first kappa shape index (κ1) is 19.0. The Morgan fingerprint density at radius 3 is 2.67 bits per heavy atom. The van der Waals surface area contributed by atoms with Crippen LogP contribution in [-0.2, 0) is 4.74 Å². The first-order valence-corrected chi connectivity index (χ1v) is 8.13. The summed E-state index contributed by atoms with van der Waals surface area (Å²) in [6.07, 6.45) is 6.70. The molecule has 21 heavy (non-hydrogen) atoms. The summed E-state index contributed by atoms with van der Waals surface area (Å²) in [7, 11) is 1.84. The van der Waals surface area contributed by atoms with E-state index in [1.165, 1.54) is 32.2 Å². The van der Waals surface area contributed by atoms with Gasteiger partial charge in [0.2, 0.25) is 0 Å². The summed E-state index contributed by atoms with van der Waals surface area (Å²) >= 11 is 0. The maximum absolute atomic E-state index is 5.62. The molecular weight excluding hydrogens is 379 g/mol. The third kappa shape index (κ3) is 6.28. The normalized spacial score (nSPS) is 27.2. The van der Waals surface area contributed by atoms with Crippen LogP contribution in [0.3, 0.4) is 0 Å². The monoisotopic (exact) mass is 410 g/mol. The van der Waals surface area contributed by atoms with Crippen molar-refractivity contribution in [2.24, 2.45) is 4.99 Å². The molecule has 0 amide bonds. The van der Waals surface area contributed by atoms with Crippen LogP contribution in [0.4, 0.5) is 0 Å². The fourth-order valence-electron chi connectivity index (χ4n) is 3.16. The van der Waals surface area contributed by atoms with Crippen molar-refractivity contribution < 1.29 is 4.74 Å². The molecule has 0 aromatic carbocycles. The van der Waals surface area contributed by atoms with Gasteiger partial charge < -0.3 is 15.4 Å². The standard InChI is InChI=1S/C15H30N4O.HI/c1-3-19-9-5-4-7-13(19)11-17-15(16-2)18-12-14-8-6-10-20-14;/h13-14H,3-12H2,1-2H3,(H2,16,17,18);1H. The van der Waals surface area contributed by atoms with E-state index in [2.05, 4.69) is 27.4 Å². The topological polar surface area (TPSA) is 48.9 Å². The van der Waals surface area contributed by atoms with E-state index in [-0.39, 0.29) is 24.0 Å². The number of ether oxygens (including phenoxy) is 1. The second-order valence-corrected chi connectivity index (χ2v) is 5.75. The van der Waals surface area contributed by atoms with Crippen LogP contribution < -0.4 is 10.6 Å². The minimum Gasteiger partial charge on any atom is -0.376 e. The van der Waals surface area contributed by atoms with Crippen molar-refractivity contribution in [3.63, 3.8) is 0 Å². The van der Waals surface area contributed by atoms with Gasteiger partial charge in [0.25, 0.3) is 0 Å². The lowest BCUT2D eigenvalue weighted by Gasteiger charge is -2.35. The maximum Gasteiger partial charge on any atom is 0.191 e. The highest BCUT2D eigenvalue weighted by Gasteiger charge is 2.21. The summed E-state index contributed by atoms with van der Waals surface area (Å²) in [5, 5.41) is 6.85. The van der Waals surface area contributed by atoms with Crippen LogP contribution in [0.25, 0.3) is 0 Å². The summed E-state index contributed by atoms with van der Waals surface area (Å²) in [4.78, 5) is 6.88. The molecule has 0 bridgehead atoms. The molecule has 6 heteroatoms. The van der Waals surface area contributed by atoms with Crippen molar-refractivity contribution >= 4 is 29.9 Å². The molecule has 2 aliphatic rings. The molecule has 2 heterocycles. The van der Waals surface area contributed by atoms with Gasteiger partial charge in [0.05, 0.1) is 6.10 Å². The van der Waals surface area contributed by atoms with E-state index in [9.17, 15) is 0 Å². The lowest BCUT2D eigenvalue weighted by molar-refractivity contribution is 0.113. The van der Waals surface area contributed by atoms with E-state index >= 15 is 0 Å². The molecule has 2 atom stereocenters. The second kappa shape index (κ2) is 10.6. The van der Waals surface area contributed by atoms with E-state index < -0.39 is 0 Å². The van der Waals surface area contributed by atoms with Crippen molar-refractivity contribution in [1.82, 2.24) is 15.5 Å². The minimum absolute atomic E-state index is 0. The van der Waals surface area contributed by atoms with Gasteiger partial charge in [-0.2, -0.15) is 0 Å². The molecule has 0 aromatic heterocycles. The number of hydrogen-bond donors (Lipinski definition) is 2. The van der Waals surface area contributed by atoms with Crippen molar-refractivity contribution in [3.05, 3.63) is 0 Å². The number of hydrogen-bond acceptors (Lipinski definition) is 3. The predicted octanol–water partition coefficient (Wildman–Crippen LogP) is 1.82. The molecule has 2 unspecified atom stereocenters. The highest BCUT2D eigenvalue weighted by Crippen LogP contribution is 2.15. The van der Waals surface area contributed by atoms with Crippen LogP contribution in [0.5, 0.6) is 0 Å². The first-order valence-electron chi connectivity index (χ1n) is 8.13. The second-order valence-electron chi connectivity index (χ2n) is 5.75. The number of rotatable bonds is 5. The number of likely N-dealkylation sites (N-methyl/N-ethyl adjacent to an activating group) is 1. The largest absolute Gasteiger partial charge is 0.376 e. The molecule has 0 radical (unpaired) electrons. The van der Waals surface area contributed by atoms with E-state index in [4.69, 9.17) is 4.74 Å². The number of piperidine rings is 1. The number of likely N-dealkylation sites (tertiary alicyclic amines) is 1. The number of halogens is 1. The summed E-state index contributed by atoms with van der Waals surface area (Å²) in [5.74, 6) is 0.905. The van der Waals surface area contributed by atoms with Crippen molar-refractivity contribution in [3.8, 4) is 0 Å². The van der Waals surface area contributed by atoms with Gasteiger partial charge in [-0.1, -0.05) is 13.3 Å². The smallest absolute Gasteiger partial charge is 0.191 e. The molecule has 0 aliphatic carbocycles. The van der Waals surface area contributed by atoms with Crippen molar-refractivity contribution in [2.75, 3.05) is 39.8 Å². The van der Waals surface area contributed by atoms with Gasteiger partial charge in [0, 0.05) is 32.8 Å². The zero-order valence-corrected chi connectivity index (χ0v) is 15.8. The summed E-state index contributed by atoms with van der Waals surface area (Å²) in [6.45, 7) is 7.40. The highest BCUT2D eigenvalue weighted by molar-refractivity contribution is 14.0. The Hall–Kier alpha value is -0.0800. The fraction of sp³-hybridized carbons (Fsp3) is 0.933. The number of guanidine groups is 1. The Morgan fingerprint density at radius 1 is 1.19 bits per heavy atom. The van der Waals surface area contributed by atoms with Gasteiger partial charge in [-0.15, -0.1) is 24.0 Å². The molecular formula is C15H31IN4O. The number of nitrogens with zero attached hydrogens (tertiary/aromatic N) is 2. The maximum atomic E-state index is 5.62. The van der Waals surface area contributed by atoms with E-state index in [1.807, 2.05) is 7.05 Å². The van der Waals surface area contributed by atoms with Crippen LogP contribution >= 0.6 is 24.0 Å². The summed E-state index contributed by atoms with van der Waals surface area (Å²) in [6, 6.07) is 0.648. The molecule has 2 rings (SSSR count). The average Bonchev–Trinajstić information content (AvgIpc) is 3.01. The predicted molar refractivity (Wildman–Crippen MR) is 98.6 cm³/mol. The Morgan fingerprint density at radius 2 is 2.00 bits per heavy atom. The molecule has 0 spiro atoms. The zero-order chi connectivity index (χ0) is 14.2. The zero-order valence-electron chi connectivity index (χ0n) is 13.4. The Labute approximate surface area is 146 Å². The van der Waals surface area contributed by atoms with Crippen LogP contribution in [0.2, 0.25) is 0 Å². The molecule has 2 saturated heterocycles. The van der Waals surface area contributed by atoms with Gasteiger partial charge in [-0.3, -0.25) is 9.89 Å². The molecule has 0 saturated carbocycles. The van der Waals surface area contributed by atoms with E-state index in [0.29, 0.717) is 12.1 Å². The van der Waals surface area contributed by atoms with Crippen LogP contribution in [0.15, 0.2) is 4.99 Å². The molecule has 124 valence electrons. The third-order valence-corrected chi connectivity index (χ3v) is 4.41. The molecule has 2 N–H and O–H groups in total. The minimum atomic E-state index is 0. The number of aliphatic imine (C=N–C) groups is 1. The van der Waals surface area contributed by atoms with Crippen LogP contribution in [0.1, 0.15) is 39.0 Å². The summed E-state index contributed by atoms with van der Waals surface area (Å²) in [5.41, 5.74) is 0. The first-order chi connectivity index (χ1) is 9.83. The molecule has 2 fully saturated rings. The molecule has 5 nitrogen and oxygen atoms in total. The van der Waals surface area contributed by atoms with Crippen molar-refractivity contribution in [2.45, 2.75) is 51.2 Å². The Kier molecular flexibility index (Phi) is 9.59. The van der Waals surface area contributed by atoms with Gasteiger partial charge in [-0.25, -0.2) is 0 Å². The van der Waals surface area contributed by atoms with E-state index in [1.54, 1.807) is 0 Å². The number of nitrogens with one attached hydrogen (secondary N) is 2. The van der Waals surface area contributed by atoms with Gasteiger partial charge in [0.15, 0.2) is 5.96 Å². The Bertz CT molecular complexity index is 308. The average molecular weight is 410 g/mol. The quantitative estimate of drug-likeness (QED) is 0.413. The molecule has 2 aliphatic heterocycles. The van der Waals surface area contributed by atoms with Crippen molar-refractivity contribution in [1.29, 1.82) is 0 Å². The van der Waals surface area contributed by atoms with Gasteiger partial charge >= 0.3 is 0 Å². The van der Waals surface area contributed by atoms with Gasteiger partial charge in [0.1, 0.15) is 0 Å². The van der Waals surface area contributed by atoms with Crippen LogP contribution in [0, 0.1) is 0 Å². The van der Waals surface area contributed by atoms with Crippen LogP contribution in [-0.4, -0.2) is 62.8 Å².